The number of morpholine rings is 1. The van der Waals surface area contributed by atoms with Gasteiger partial charge in [0.2, 0.25) is 0 Å². The molecule has 1 heterocycles. The Morgan fingerprint density at radius 3 is 2.23 bits per heavy atom. The van der Waals surface area contributed by atoms with Crippen molar-refractivity contribution in [3.8, 4) is 0 Å². The van der Waals surface area contributed by atoms with Crippen LogP contribution in [0.25, 0.3) is 0 Å². The Balaban J connectivity index is 1.73. The van der Waals surface area contributed by atoms with Gasteiger partial charge in [-0.05, 0) is 57.5 Å². The summed E-state index contributed by atoms with van der Waals surface area (Å²) in [6.45, 7) is 7.61. The van der Waals surface area contributed by atoms with E-state index in [-0.39, 0.29) is 12.2 Å². The molecule has 0 aromatic heterocycles. The molecule has 1 aliphatic rings. The van der Waals surface area contributed by atoms with Crippen LogP contribution in [0.1, 0.15) is 26.7 Å². The highest BCUT2D eigenvalue weighted by Crippen LogP contribution is 2.30. The summed E-state index contributed by atoms with van der Waals surface area (Å²) in [5.41, 5.74) is -4.68. The van der Waals surface area contributed by atoms with Crippen LogP contribution in [0.2, 0.25) is 0 Å². The number of nitrogens with one attached hydrogen (secondary N) is 1. The van der Waals surface area contributed by atoms with E-state index in [4.69, 9.17) is 4.74 Å². The number of sulfone groups is 1. The number of hydrogen-bond acceptors (Lipinski definition) is 5. The fraction of sp³-hybridized carbons (Fsp3) is 0.647. The summed E-state index contributed by atoms with van der Waals surface area (Å²) in [7, 11) is -5.29. The first-order valence-electron chi connectivity index (χ1n) is 8.62. The van der Waals surface area contributed by atoms with Gasteiger partial charge < -0.3 is 10.1 Å². The molecule has 2 atom stereocenters. The minimum Gasteiger partial charge on any atom is -0.385 e. The van der Waals surface area contributed by atoms with E-state index in [0.29, 0.717) is 12.2 Å². The van der Waals surface area contributed by atoms with Crippen molar-refractivity contribution in [3.63, 3.8) is 0 Å². The molecule has 0 spiro atoms. The van der Waals surface area contributed by atoms with Gasteiger partial charge in [0, 0.05) is 25.3 Å². The lowest BCUT2D eigenvalue weighted by molar-refractivity contribution is -0.0681. The lowest BCUT2D eigenvalue weighted by Crippen LogP contribution is -2.45. The molecule has 1 aromatic rings. The van der Waals surface area contributed by atoms with Crippen molar-refractivity contribution in [2.45, 2.75) is 49.3 Å². The molecule has 1 saturated heterocycles. The van der Waals surface area contributed by atoms with E-state index >= 15 is 0 Å². The van der Waals surface area contributed by atoms with Crippen molar-refractivity contribution in [3.05, 3.63) is 24.3 Å². The monoisotopic (exact) mass is 394 g/mol. The third kappa shape index (κ3) is 5.59. The lowest BCUT2D eigenvalue weighted by atomic mass is 10.2. The zero-order valence-corrected chi connectivity index (χ0v) is 15.7. The molecule has 0 radical (unpaired) electrons. The molecule has 1 fully saturated rings. The van der Waals surface area contributed by atoms with Crippen molar-refractivity contribution >= 4 is 15.5 Å². The molecule has 9 heteroatoms. The summed E-state index contributed by atoms with van der Waals surface area (Å²) >= 11 is 0. The van der Waals surface area contributed by atoms with Crippen molar-refractivity contribution in [2.75, 3.05) is 31.5 Å². The molecule has 148 valence electrons. The van der Waals surface area contributed by atoms with Crippen LogP contribution < -0.4 is 5.32 Å². The van der Waals surface area contributed by atoms with E-state index in [1.165, 1.54) is 12.1 Å². The molecule has 0 bridgehead atoms. The lowest BCUT2D eigenvalue weighted by Gasteiger charge is -2.35. The van der Waals surface area contributed by atoms with Gasteiger partial charge in [-0.25, -0.2) is 8.42 Å². The fourth-order valence-electron chi connectivity index (χ4n) is 3.05. The van der Waals surface area contributed by atoms with Gasteiger partial charge in [-0.15, -0.1) is 0 Å². The van der Waals surface area contributed by atoms with Gasteiger partial charge in [0.25, 0.3) is 9.84 Å². The van der Waals surface area contributed by atoms with E-state index < -0.39 is 20.2 Å². The molecule has 1 N–H and O–H groups in total. The molecular weight excluding hydrogens is 369 g/mol. The minimum atomic E-state index is -5.29. The van der Waals surface area contributed by atoms with Crippen molar-refractivity contribution in [2.24, 2.45) is 0 Å². The average Bonchev–Trinajstić information content (AvgIpc) is 2.53. The van der Waals surface area contributed by atoms with E-state index in [1.54, 1.807) is 0 Å². The maximum atomic E-state index is 12.5. The van der Waals surface area contributed by atoms with Crippen LogP contribution in [0.4, 0.5) is 18.9 Å². The summed E-state index contributed by atoms with van der Waals surface area (Å²) in [6.07, 6.45) is 2.38. The van der Waals surface area contributed by atoms with Crippen LogP contribution in [-0.2, 0) is 14.6 Å². The topological polar surface area (TPSA) is 58.6 Å². The third-order valence-corrected chi connectivity index (χ3v) is 5.70. The van der Waals surface area contributed by atoms with Gasteiger partial charge in [-0.2, -0.15) is 13.2 Å². The van der Waals surface area contributed by atoms with Gasteiger partial charge in [0.15, 0.2) is 0 Å². The Morgan fingerprint density at radius 1 is 1.12 bits per heavy atom. The first kappa shape index (κ1) is 21.0. The number of rotatable bonds is 7. The molecule has 0 amide bonds. The molecular formula is C17H25F3N2O3S. The second kappa shape index (κ2) is 8.58. The number of hydrogen-bond donors (Lipinski definition) is 1. The zero-order chi connectivity index (χ0) is 19.4. The van der Waals surface area contributed by atoms with E-state index in [1.807, 2.05) is 0 Å². The highest BCUT2D eigenvalue weighted by Gasteiger charge is 2.46. The predicted octanol–water partition coefficient (Wildman–Crippen LogP) is 3.28. The molecule has 1 aromatic carbocycles. The largest absolute Gasteiger partial charge is 0.501 e. The van der Waals surface area contributed by atoms with Gasteiger partial charge >= 0.3 is 5.51 Å². The number of benzene rings is 1. The van der Waals surface area contributed by atoms with Crippen LogP contribution in [-0.4, -0.2) is 57.2 Å². The Hall–Kier alpha value is -1.32. The average molecular weight is 394 g/mol. The van der Waals surface area contributed by atoms with Crippen LogP contribution >= 0.6 is 0 Å². The van der Waals surface area contributed by atoms with Crippen molar-refractivity contribution in [1.82, 2.24) is 4.90 Å². The number of alkyl halides is 3. The highest BCUT2D eigenvalue weighted by molar-refractivity contribution is 7.92. The third-order valence-electron chi connectivity index (χ3n) is 4.19. The van der Waals surface area contributed by atoms with Gasteiger partial charge in [0.05, 0.1) is 17.1 Å². The molecule has 0 aliphatic carbocycles. The Labute approximate surface area is 152 Å². The van der Waals surface area contributed by atoms with Crippen molar-refractivity contribution in [1.29, 1.82) is 0 Å². The van der Waals surface area contributed by atoms with Crippen molar-refractivity contribution < 1.29 is 26.3 Å². The van der Waals surface area contributed by atoms with Crippen LogP contribution in [0.5, 0.6) is 0 Å². The standard InChI is InChI=1S/C17H25F3N2O3S/c1-13-11-22(12-14(2)25-13)10-4-3-9-21-15-5-7-16(8-6-15)26(23,24)17(18,19)20/h5-8,13-14,21H,3-4,9-12H2,1-2H3/t13-,14-/m0/s1. The predicted molar refractivity (Wildman–Crippen MR) is 93.9 cm³/mol. The molecule has 0 unspecified atom stereocenters. The number of anilines is 1. The quantitative estimate of drug-likeness (QED) is 0.720. The van der Waals surface area contributed by atoms with Gasteiger partial charge in [-0.1, -0.05) is 0 Å². The second-order valence-electron chi connectivity index (χ2n) is 6.62. The summed E-state index contributed by atoms with van der Waals surface area (Å²) in [6, 6.07) is 4.65. The highest BCUT2D eigenvalue weighted by atomic mass is 32.2. The summed E-state index contributed by atoms with van der Waals surface area (Å²) < 4.78 is 65.8. The maximum Gasteiger partial charge on any atom is 0.501 e. The van der Waals surface area contributed by atoms with Crippen LogP contribution in [0.3, 0.4) is 0 Å². The first-order chi connectivity index (χ1) is 12.1. The SMILES string of the molecule is C[C@H]1CN(CCCCNc2ccc(S(=O)(=O)C(F)(F)F)cc2)C[C@H](C)O1. The molecule has 1 aliphatic heterocycles. The first-order valence-corrected chi connectivity index (χ1v) is 10.1. The molecule has 5 nitrogen and oxygen atoms in total. The van der Waals surface area contributed by atoms with Crippen LogP contribution in [0, 0.1) is 0 Å². The van der Waals surface area contributed by atoms with Crippen LogP contribution in [0.15, 0.2) is 29.2 Å². The number of unbranched alkanes of at least 4 members (excludes halogenated alkanes) is 1. The molecule has 26 heavy (non-hydrogen) atoms. The Bertz CT molecular complexity index is 667. The second-order valence-corrected chi connectivity index (χ2v) is 8.57. The maximum absolute atomic E-state index is 12.5. The number of ether oxygens (including phenoxy) is 1. The summed E-state index contributed by atoms with van der Waals surface area (Å²) in [5.74, 6) is 0. The summed E-state index contributed by atoms with van der Waals surface area (Å²) in [5, 5.41) is 3.10. The van der Waals surface area contributed by atoms with Gasteiger partial charge in [-0.3, -0.25) is 4.90 Å². The zero-order valence-electron chi connectivity index (χ0n) is 14.9. The normalized spacial score (nSPS) is 22.3. The van der Waals surface area contributed by atoms with E-state index in [2.05, 4.69) is 24.1 Å². The molecule has 2 rings (SSSR count). The summed E-state index contributed by atoms with van der Waals surface area (Å²) in [4.78, 5) is 1.63. The number of nitrogens with zero attached hydrogens (tertiary/aromatic N) is 1. The van der Waals surface area contributed by atoms with E-state index in [9.17, 15) is 21.6 Å². The van der Waals surface area contributed by atoms with E-state index in [0.717, 1.165) is 44.6 Å². The fourth-order valence-corrected chi connectivity index (χ4v) is 3.81. The Kier molecular flexibility index (Phi) is 6.92. The smallest absolute Gasteiger partial charge is 0.385 e. The Morgan fingerprint density at radius 2 is 1.69 bits per heavy atom. The van der Waals surface area contributed by atoms with Gasteiger partial charge in [0.1, 0.15) is 0 Å². The number of halogens is 3. The molecule has 0 saturated carbocycles. The minimum absolute atomic E-state index is 0.239.